The number of hydrogen-bond acceptors (Lipinski definition) is 4. The van der Waals surface area contributed by atoms with Gasteiger partial charge in [0.1, 0.15) is 5.82 Å². The van der Waals surface area contributed by atoms with Gasteiger partial charge in [-0.15, -0.1) is 0 Å². The summed E-state index contributed by atoms with van der Waals surface area (Å²) in [4.78, 5) is 34.4. The van der Waals surface area contributed by atoms with Crippen LogP contribution < -0.4 is 4.90 Å². The molecule has 134 valence electrons. The lowest BCUT2D eigenvalue weighted by atomic mass is 10.1. The van der Waals surface area contributed by atoms with E-state index in [0.29, 0.717) is 11.3 Å². The Morgan fingerprint density at radius 2 is 1.81 bits per heavy atom. The first kappa shape index (κ1) is 17.0. The molecule has 0 N–H and O–H groups in total. The third-order valence-electron chi connectivity index (χ3n) is 4.53. The maximum Gasteiger partial charge on any atom is 0.267 e. The molecule has 0 spiro atoms. The van der Waals surface area contributed by atoms with Gasteiger partial charge >= 0.3 is 0 Å². The number of rotatable bonds is 4. The van der Waals surface area contributed by atoms with Crippen LogP contribution in [0.5, 0.6) is 0 Å². The zero-order chi connectivity index (χ0) is 19.0. The number of amides is 2. The molecule has 4 rings (SSSR count). The Morgan fingerprint density at radius 3 is 2.52 bits per heavy atom. The third-order valence-corrected chi connectivity index (χ3v) is 4.53. The zero-order valence-electron chi connectivity index (χ0n) is 14.6. The molecule has 2 aromatic heterocycles. The molecule has 0 saturated heterocycles. The summed E-state index contributed by atoms with van der Waals surface area (Å²) in [6, 6.07) is 9.60. The fourth-order valence-electron chi connectivity index (χ4n) is 3.18. The monoisotopic (exact) mass is 361 g/mol. The predicted octanol–water partition coefficient (Wildman–Crippen LogP) is 4.04. The van der Waals surface area contributed by atoms with Crippen molar-refractivity contribution >= 4 is 17.5 Å². The Bertz CT molecular complexity index is 1010. The van der Waals surface area contributed by atoms with Gasteiger partial charge in [-0.05, 0) is 42.3 Å². The van der Waals surface area contributed by atoms with E-state index in [0.717, 1.165) is 23.3 Å². The smallest absolute Gasteiger partial charge is 0.267 e. The van der Waals surface area contributed by atoms with Crippen molar-refractivity contribution in [1.29, 1.82) is 0 Å². The number of halogens is 1. The number of hydrogen-bond donors (Lipinski definition) is 0. The number of carbonyl (C=O) groups is 2. The van der Waals surface area contributed by atoms with Crippen LogP contribution in [0, 0.1) is 5.82 Å². The lowest BCUT2D eigenvalue weighted by molar-refractivity contribution is 0.0925. The average molecular weight is 361 g/mol. The second-order valence-electron chi connectivity index (χ2n) is 6.33. The minimum atomic E-state index is -0.649. The molecule has 0 saturated carbocycles. The van der Waals surface area contributed by atoms with Crippen molar-refractivity contribution in [2.45, 2.75) is 19.8 Å². The Labute approximate surface area is 155 Å². The first-order chi connectivity index (χ1) is 13.1. The zero-order valence-corrected chi connectivity index (χ0v) is 14.6. The summed E-state index contributed by atoms with van der Waals surface area (Å²) in [5, 5.41) is 0. The first-order valence-corrected chi connectivity index (χ1v) is 8.67. The number of pyridine rings is 2. The van der Waals surface area contributed by atoms with Crippen molar-refractivity contribution in [3.05, 3.63) is 77.5 Å². The van der Waals surface area contributed by atoms with E-state index in [9.17, 15) is 14.0 Å². The summed E-state index contributed by atoms with van der Waals surface area (Å²) in [5.74, 6) is -1.78. The van der Waals surface area contributed by atoms with E-state index in [1.807, 2.05) is 12.1 Å². The van der Waals surface area contributed by atoms with Gasteiger partial charge in [0.15, 0.2) is 0 Å². The molecule has 3 heterocycles. The molecule has 0 unspecified atom stereocenters. The number of fused-ring (bicyclic) bond motifs is 1. The van der Waals surface area contributed by atoms with Crippen LogP contribution in [0.1, 0.15) is 39.6 Å². The van der Waals surface area contributed by atoms with E-state index in [4.69, 9.17) is 0 Å². The lowest BCUT2D eigenvalue weighted by Crippen LogP contribution is -2.30. The molecular formula is C21H16FN3O2. The molecule has 5 nitrogen and oxygen atoms in total. The van der Waals surface area contributed by atoms with Gasteiger partial charge in [0.2, 0.25) is 0 Å². The quantitative estimate of drug-likeness (QED) is 0.658. The van der Waals surface area contributed by atoms with Crippen molar-refractivity contribution in [1.82, 2.24) is 9.97 Å². The predicted molar refractivity (Wildman–Crippen MR) is 99.0 cm³/mol. The minimum Gasteiger partial charge on any atom is -0.268 e. The van der Waals surface area contributed by atoms with Crippen LogP contribution in [-0.2, 0) is 6.42 Å². The molecule has 3 aromatic rings. The largest absolute Gasteiger partial charge is 0.268 e. The number of aromatic nitrogens is 2. The summed E-state index contributed by atoms with van der Waals surface area (Å²) >= 11 is 0. The maximum absolute atomic E-state index is 14.5. The first-order valence-electron chi connectivity index (χ1n) is 8.67. The van der Waals surface area contributed by atoms with E-state index < -0.39 is 17.6 Å². The highest BCUT2D eigenvalue weighted by molar-refractivity contribution is 6.34. The van der Waals surface area contributed by atoms with Crippen LogP contribution in [0.2, 0.25) is 0 Å². The van der Waals surface area contributed by atoms with Gasteiger partial charge in [-0.3, -0.25) is 19.6 Å². The van der Waals surface area contributed by atoms with Gasteiger partial charge in [0.25, 0.3) is 11.8 Å². The van der Waals surface area contributed by atoms with Crippen LogP contribution in [0.15, 0.2) is 55.0 Å². The summed E-state index contributed by atoms with van der Waals surface area (Å²) in [5.41, 5.74) is 2.71. The van der Waals surface area contributed by atoms with Crippen molar-refractivity contribution in [2.75, 3.05) is 4.90 Å². The molecular weight excluding hydrogens is 345 g/mol. The normalized spacial score (nSPS) is 13.2. The molecule has 0 atom stereocenters. The van der Waals surface area contributed by atoms with Gasteiger partial charge in [-0.2, -0.15) is 0 Å². The van der Waals surface area contributed by atoms with Gasteiger partial charge in [-0.25, -0.2) is 9.29 Å². The fraction of sp³-hybridized carbons (Fsp3) is 0.143. The van der Waals surface area contributed by atoms with Crippen molar-refractivity contribution in [2.24, 2.45) is 0 Å². The number of aryl methyl sites for hydroxylation is 1. The van der Waals surface area contributed by atoms with Crippen LogP contribution in [-0.4, -0.2) is 21.8 Å². The van der Waals surface area contributed by atoms with Crippen LogP contribution >= 0.6 is 0 Å². The van der Waals surface area contributed by atoms with E-state index in [2.05, 4.69) is 16.9 Å². The lowest BCUT2D eigenvalue weighted by Gasteiger charge is -2.16. The Hall–Kier alpha value is -3.41. The Morgan fingerprint density at radius 1 is 1.00 bits per heavy atom. The van der Waals surface area contributed by atoms with E-state index in [1.54, 1.807) is 12.3 Å². The molecule has 6 heteroatoms. The Balaban J connectivity index is 1.74. The summed E-state index contributed by atoms with van der Waals surface area (Å²) in [7, 11) is 0. The van der Waals surface area contributed by atoms with E-state index >= 15 is 0 Å². The molecule has 0 radical (unpaired) electrons. The molecule has 1 aliphatic rings. The van der Waals surface area contributed by atoms with Gasteiger partial charge < -0.3 is 0 Å². The molecule has 0 bridgehead atoms. The number of anilines is 1. The molecule has 0 fully saturated rings. The van der Waals surface area contributed by atoms with Crippen molar-refractivity contribution in [3.63, 3.8) is 0 Å². The van der Waals surface area contributed by atoms with Crippen molar-refractivity contribution < 1.29 is 14.0 Å². The molecule has 1 aromatic carbocycles. The molecule has 2 amide bonds. The number of nitrogens with zero attached hydrogens (tertiary/aromatic N) is 3. The van der Waals surface area contributed by atoms with Crippen molar-refractivity contribution in [3.8, 4) is 11.3 Å². The second-order valence-corrected chi connectivity index (χ2v) is 6.33. The summed E-state index contributed by atoms with van der Waals surface area (Å²) < 4.78 is 14.5. The maximum atomic E-state index is 14.5. The molecule has 27 heavy (non-hydrogen) atoms. The standard InChI is InChI=1S/C21H16FN3O2/c1-2-3-13-4-7-18(24-11-13)14-5-6-17(22)19(10-14)25-20(26)15-8-9-23-12-16(15)21(25)27/h4-12H,2-3H2,1H3. The third kappa shape index (κ3) is 2.89. The topological polar surface area (TPSA) is 63.2 Å². The highest BCUT2D eigenvalue weighted by atomic mass is 19.1. The van der Waals surface area contributed by atoms with Gasteiger partial charge in [0.05, 0.1) is 22.5 Å². The van der Waals surface area contributed by atoms with E-state index in [-0.39, 0.29) is 16.8 Å². The highest BCUT2D eigenvalue weighted by Gasteiger charge is 2.38. The number of benzene rings is 1. The average Bonchev–Trinajstić information content (AvgIpc) is 2.94. The van der Waals surface area contributed by atoms with Crippen LogP contribution in [0.4, 0.5) is 10.1 Å². The highest BCUT2D eigenvalue weighted by Crippen LogP contribution is 2.32. The summed E-state index contributed by atoms with van der Waals surface area (Å²) in [6.45, 7) is 2.10. The van der Waals surface area contributed by atoms with Gasteiger partial charge in [-0.1, -0.05) is 19.4 Å². The molecule has 0 aliphatic carbocycles. The Kier molecular flexibility index (Phi) is 4.24. The minimum absolute atomic E-state index is 0.0851. The fourth-order valence-corrected chi connectivity index (χ4v) is 3.18. The number of carbonyl (C=O) groups excluding carboxylic acids is 2. The molecule has 1 aliphatic heterocycles. The summed E-state index contributed by atoms with van der Waals surface area (Å²) in [6.07, 6.45) is 6.50. The number of imide groups is 1. The van der Waals surface area contributed by atoms with Crippen LogP contribution in [0.3, 0.4) is 0 Å². The van der Waals surface area contributed by atoms with Gasteiger partial charge in [0, 0.05) is 24.2 Å². The SMILES string of the molecule is CCCc1ccc(-c2ccc(F)c(N3C(=O)c4ccncc4C3=O)c2)nc1. The second kappa shape index (κ2) is 6.72. The van der Waals surface area contributed by atoms with Crippen LogP contribution in [0.25, 0.3) is 11.3 Å². The van der Waals surface area contributed by atoms with E-state index in [1.165, 1.54) is 30.6 Å².